The molecule has 2 rings (SSSR count). The summed E-state index contributed by atoms with van der Waals surface area (Å²) >= 11 is 0. The number of nitrogens with one attached hydrogen (secondary N) is 1. The zero-order chi connectivity index (χ0) is 14.9. The number of carbonyl (C=O) groups excluding carboxylic acids is 1. The molecular weight excluding hydrogens is 267 g/mol. The van der Waals surface area contributed by atoms with E-state index in [1.54, 1.807) is 18.2 Å². The van der Waals surface area contributed by atoms with Crippen LogP contribution in [0.25, 0.3) is 0 Å². The van der Waals surface area contributed by atoms with Crippen molar-refractivity contribution in [2.75, 3.05) is 5.32 Å². The Morgan fingerprint density at radius 3 is 2.20 bits per heavy atom. The summed E-state index contributed by atoms with van der Waals surface area (Å²) in [5.41, 5.74) is 1.84. The third-order valence-corrected chi connectivity index (χ3v) is 3.03. The first-order valence-corrected chi connectivity index (χ1v) is 5.91. The Labute approximate surface area is 114 Å². The van der Waals surface area contributed by atoms with Gasteiger partial charge in [0.2, 0.25) is 0 Å². The summed E-state index contributed by atoms with van der Waals surface area (Å²) in [5.74, 6) is -4.13. The molecule has 0 aromatic heterocycles. The smallest absolute Gasteiger partial charge is 0.255 e. The highest BCUT2D eigenvalue weighted by atomic mass is 19.2. The maximum absolute atomic E-state index is 13.4. The fourth-order valence-corrected chi connectivity index (χ4v) is 1.70. The van der Waals surface area contributed by atoms with E-state index in [0.29, 0.717) is 17.7 Å². The molecule has 104 valence electrons. The van der Waals surface area contributed by atoms with Gasteiger partial charge in [-0.05, 0) is 37.1 Å². The molecule has 0 aliphatic carbocycles. The van der Waals surface area contributed by atoms with Crippen LogP contribution in [-0.4, -0.2) is 5.91 Å². The van der Waals surface area contributed by atoms with E-state index in [-0.39, 0.29) is 0 Å². The van der Waals surface area contributed by atoms with E-state index in [0.717, 1.165) is 11.1 Å². The Kier molecular flexibility index (Phi) is 3.79. The predicted molar refractivity (Wildman–Crippen MR) is 70.2 cm³/mol. The minimum absolute atomic E-state index is 0.317. The molecule has 0 fully saturated rings. The molecular formula is C15H12F3NO. The van der Waals surface area contributed by atoms with Crippen LogP contribution < -0.4 is 5.32 Å². The van der Waals surface area contributed by atoms with Crippen LogP contribution in [0.3, 0.4) is 0 Å². The highest BCUT2D eigenvalue weighted by molar-refractivity contribution is 6.04. The first-order chi connectivity index (χ1) is 9.38. The topological polar surface area (TPSA) is 29.1 Å². The van der Waals surface area contributed by atoms with Crippen LogP contribution in [-0.2, 0) is 0 Å². The zero-order valence-electron chi connectivity index (χ0n) is 10.9. The molecule has 0 radical (unpaired) electrons. The summed E-state index contributed by atoms with van der Waals surface area (Å²) in [6.07, 6.45) is 0. The maximum Gasteiger partial charge on any atom is 0.255 e. The fraction of sp³-hybridized carbons (Fsp3) is 0.133. The normalized spacial score (nSPS) is 10.4. The fourth-order valence-electron chi connectivity index (χ4n) is 1.70. The minimum atomic E-state index is -1.30. The Hall–Kier alpha value is -2.30. The molecule has 2 aromatic carbocycles. The summed E-state index contributed by atoms with van der Waals surface area (Å²) in [4.78, 5) is 11.9. The largest absolute Gasteiger partial charge is 0.319 e. The molecule has 0 saturated heterocycles. The zero-order valence-corrected chi connectivity index (χ0v) is 10.9. The maximum atomic E-state index is 13.4. The van der Waals surface area contributed by atoms with E-state index < -0.39 is 29.0 Å². The molecule has 0 spiro atoms. The quantitative estimate of drug-likeness (QED) is 0.828. The van der Waals surface area contributed by atoms with Gasteiger partial charge >= 0.3 is 0 Å². The van der Waals surface area contributed by atoms with Gasteiger partial charge in [-0.1, -0.05) is 6.07 Å². The molecule has 0 aliphatic rings. The van der Waals surface area contributed by atoms with Crippen molar-refractivity contribution in [2.45, 2.75) is 13.8 Å². The van der Waals surface area contributed by atoms with Gasteiger partial charge in [0.15, 0.2) is 11.6 Å². The highest BCUT2D eigenvalue weighted by Crippen LogP contribution is 2.19. The van der Waals surface area contributed by atoms with E-state index in [1.165, 1.54) is 0 Å². The second-order valence-electron chi connectivity index (χ2n) is 4.50. The van der Waals surface area contributed by atoms with Gasteiger partial charge in [-0.2, -0.15) is 0 Å². The lowest BCUT2D eigenvalue weighted by Crippen LogP contribution is -2.14. The van der Waals surface area contributed by atoms with Crippen molar-refractivity contribution in [1.29, 1.82) is 0 Å². The predicted octanol–water partition coefficient (Wildman–Crippen LogP) is 3.97. The number of rotatable bonds is 2. The molecule has 1 N–H and O–H groups in total. The number of carbonyl (C=O) groups is 1. The Bertz CT molecular complexity index is 683. The van der Waals surface area contributed by atoms with Gasteiger partial charge in [0, 0.05) is 17.7 Å². The molecule has 2 nitrogen and oxygen atoms in total. The van der Waals surface area contributed by atoms with Crippen LogP contribution in [0.4, 0.5) is 18.9 Å². The van der Waals surface area contributed by atoms with Crippen LogP contribution in [0, 0.1) is 31.3 Å². The van der Waals surface area contributed by atoms with Gasteiger partial charge in [0.05, 0.1) is 5.69 Å². The molecule has 1 amide bonds. The summed E-state index contributed by atoms with van der Waals surface area (Å²) < 4.78 is 39.3. The number of amides is 1. The van der Waals surface area contributed by atoms with Crippen molar-refractivity contribution >= 4 is 11.6 Å². The van der Waals surface area contributed by atoms with E-state index in [2.05, 4.69) is 5.32 Å². The van der Waals surface area contributed by atoms with Crippen molar-refractivity contribution in [3.63, 3.8) is 0 Å². The Morgan fingerprint density at radius 1 is 0.900 bits per heavy atom. The lowest BCUT2D eigenvalue weighted by atomic mass is 10.1. The van der Waals surface area contributed by atoms with Crippen molar-refractivity contribution in [3.8, 4) is 0 Å². The van der Waals surface area contributed by atoms with Crippen molar-refractivity contribution in [2.24, 2.45) is 0 Å². The monoisotopic (exact) mass is 279 g/mol. The average molecular weight is 279 g/mol. The minimum Gasteiger partial charge on any atom is -0.319 e. The third kappa shape index (κ3) is 2.82. The van der Waals surface area contributed by atoms with Gasteiger partial charge < -0.3 is 5.32 Å². The van der Waals surface area contributed by atoms with Gasteiger partial charge in [-0.3, -0.25) is 4.79 Å². The van der Waals surface area contributed by atoms with Crippen molar-refractivity contribution in [3.05, 3.63) is 64.5 Å². The Morgan fingerprint density at radius 2 is 1.55 bits per heavy atom. The average Bonchev–Trinajstić information content (AvgIpc) is 2.39. The van der Waals surface area contributed by atoms with Crippen LogP contribution >= 0.6 is 0 Å². The summed E-state index contributed by atoms with van der Waals surface area (Å²) in [6, 6.07) is 5.98. The van der Waals surface area contributed by atoms with Gasteiger partial charge in [-0.25, -0.2) is 13.2 Å². The second-order valence-corrected chi connectivity index (χ2v) is 4.50. The lowest BCUT2D eigenvalue weighted by Gasteiger charge is -2.08. The van der Waals surface area contributed by atoms with Gasteiger partial charge in [-0.15, -0.1) is 0 Å². The van der Waals surface area contributed by atoms with Crippen LogP contribution in [0.1, 0.15) is 21.5 Å². The highest BCUT2D eigenvalue weighted by Gasteiger charge is 2.13. The van der Waals surface area contributed by atoms with E-state index >= 15 is 0 Å². The first-order valence-electron chi connectivity index (χ1n) is 5.91. The van der Waals surface area contributed by atoms with Crippen molar-refractivity contribution < 1.29 is 18.0 Å². The molecule has 5 heteroatoms. The van der Waals surface area contributed by atoms with E-state index in [9.17, 15) is 18.0 Å². The van der Waals surface area contributed by atoms with Crippen LogP contribution in [0.5, 0.6) is 0 Å². The standard InChI is InChI=1S/C15H12F3NO/c1-8-3-4-10(5-9(8)2)15(20)19-14-7-12(17)11(16)6-13(14)18/h3-7H,1-2H3,(H,19,20). The van der Waals surface area contributed by atoms with Crippen LogP contribution in [0.2, 0.25) is 0 Å². The number of anilines is 1. The second kappa shape index (κ2) is 5.36. The van der Waals surface area contributed by atoms with Crippen LogP contribution in [0.15, 0.2) is 30.3 Å². The van der Waals surface area contributed by atoms with Crippen molar-refractivity contribution in [1.82, 2.24) is 0 Å². The number of aryl methyl sites for hydroxylation is 2. The van der Waals surface area contributed by atoms with E-state index in [1.807, 2.05) is 13.8 Å². The van der Waals surface area contributed by atoms with Gasteiger partial charge in [0.25, 0.3) is 5.91 Å². The molecule has 2 aromatic rings. The van der Waals surface area contributed by atoms with Gasteiger partial charge in [0.1, 0.15) is 5.82 Å². The molecule has 0 aliphatic heterocycles. The summed E-state index contributed by atoms with van der Waals surface area (Å²) in [7, 11) is 0. The number of benzene rings is 2. The number of hydrogen-bond donors (Lipinski definition) is 1. The molecule has 0 saturated carbocycles. The molecule has 0 bridgehead atoms. The SMILES string of the molecule is Cc1ccc(C(=O)Nc2cc(F)c(F)cc2F)cc1C. The number of hydrogen-bond acceptors (Lipinski definition) is 1. The van der Waals surface area contributed by atoms with E-state index in [4.69, 9.17) is 0 Å². The number of halogens is 3. The molecule has 0 unspecified atom stereocenters. The molecule has 0 atom stereocenters. The summed E-state index contributed by atoms with van der Waals surface area (Å²) in [6.45, 7) is 3.73. The molecule has 20 heavy (non-hydrogen) atoms. The Balaban J connectivity index is 2.27. The first kappa shape index (κ1) is 14.1. The lowest BCUT2D eigenvalue weighted by molar-refractivity contribution is 0.102. The molecule has 0 heterocycles. The third-order valence-electron chi connectivity index (χ3n) is 3.03. The summed E-state index contributed by atoms with van der Waals surface area (Å²) in [5, 5.41) is 2.22.